The van der Waals surface area contributed by atoms with Gasteiger partial charge in [-0.15, -0.1) is 0 Å². The van der Waals surface area contributed by atoms with Crippen LogP contribution in [0.1, 0.15) is 16.3 Å². The van der Waals surface area contributed by atoms with Crippen molar-refractivity contribution in [2.24, 2.45) is 7.05 Å². The maximum atomic E-state index is 12.5. The number of piperazine rings is 1. The maximum Gasteiger partial charge on any atom is 0.270 e. The van der Waals surface area contributed by atoms with Crippen molar-refractivity contribution < 1.29 is 4.79 Å². The minimum Gasteiger partial charge on any atom is -0.353 e. The number of halogens is 1. The second-order valence-electron chi connectivity index (χ2n) is 5.40. The fraction of sp³-hybridized carbons (Fsp3) is 0.400. The van der Waals surface area contributed by atoms with Gasteiger partial charge in [0.2, 0.25) is 0 Å². The van der Waals surface area contributed by atoms with Crippen LogP contribution in [0.2, 0.25) is 5.02 Å². The van der Waals surface area contributed by atoms with E-state index < -0.39 is 0 Å². The van der Waals surface area contributed by atoms with Crippen LogP contribution in [0.3, 0.4) is 0 Å². The van der Waals surface area contributed by atoms with Gasteiger partial charge >= 0.3 is 0 Å². The molecule has 3 heterocycles. The predicted octanol–water partition coefficient (Wildman–Crippen LogP) is 1.74. The number of aryl methyl sites for hydroxylation is 2. The molecule has 116 valence electrons. The van der Waals surface area contributed by atoms with Gasteiger partial charge in [-0.1, -0.05) is 11.6 Å². The SMILES string of the molecule is Cc1nccc(N2CCN(C(=O)c3cc(Cl)cn3C)CC2)n1. The highest BCUT2D eigenvalue weighted by atomic mass is 35.5. The summed E-state index contributed by atoms with van der Waals surface area (Å²) in [4.78, 5) is 25.1. The summed E-state index contributed by atoms with van der Waals surface area (Å²) in [6.45, 7) is 4.75. The van der Waals surface area contributed by atoms with Crippen molar-refractivity contribution in [2.75, 3.05) is 31.1 Å². The second-order valence-corrected chi connectivity index (χ2v) is 5.83. The van der Waals surface area contributed by atoms with E-state index in [1.165, 1.54) is 0 Å². The van der Waals surface area contributed by atoms with Gasteiger partial charge < -0.3 is 14.4 Å². The lowest BCUT2D eigenvalue weighted by molar-refractivity contribution is 0.0737. The van der Waals surface area contributed by atoms with Crippen LogP contribution >= 0.6 is 11.6 Å². The first-order valence-corrected chi connectivity index (χ1v) is 7.58. The van der Waals surface area contributed by atoms with Crippen molar-refractivity contribution in [1.82, 2.24) is 19.4 Å². The molecule has 0 saturated carbocycles. The standard InChI is InChI=1S/C15H18ClN5O/c1-11-17-4-3-14(18-11)20-5-7-21(8-6-20)15(22)13-9-12(16)10-19(13)2/h3-4,9-10H,5-8H2,1-2H3. The topological polar surface area (TPSA) is 54.3 Å². The number of anilines is 1. The quantitative estimate of drug-likeness (QED) is 0.846. The van der Waals surface area contributed by atoms with E-state index in [2.05, 4.69) is 14.9 Å². The lowest BCUT2D eigenvalue weighted by atomic mass is 10.2. The molecule has 0 spiro atoms. The second kappa shape index (κ2) is 5.96. The number of hydrogen-bond acceptors (Lipinski definition) is 4. The van der Waals surface area contributed by atoms with Gasteiger partial charge in [0.1, 0.15) is 17.3 Å². The van der Waals surface area contributed by atoms with Crippen molar-refractivity contribution in [1.29, 1.82) is 0 Å². The molecule has 0 N–H and O–H groups in total. The molecule has 1 aliphatic rings. The number of nitrogens with zero attached hydrogens (tertiary/aromatic N) is 5. The lowest BCUT2D eigenvalue weighted by Crippen LogP contribution is -2.49. The Bertz CT molecular complexity index is 691. The summed E-state index contributed by atoms with van der Waals surface area (Å²) in [7, 11) is 1.83. The number of rotatable bonds is 2. The number of amides is 1. The first-order valence-electron chi connectivity index (χ1n) is 7.20. The fourth-order valence-electron chi connectivity index (χ4n) is 2.66. The zero-order valence-corrected chi connectivity index (χ0v) is 13.4. The van der Waals surface area contributed by atoms with E-state index in [1.54, 1.807) is 23.0 Å². The van der Waals surface area contributed by atoms with Crippen LogP contribution in [0.4, 0.5) is 5.82 Å². The van der Waals surface area contributed by atoms with Crippen LogP contribution in [0, 0.1) is 6.92 Å². The molecule has 1 fully saturated rings. The number of carbonyl (C=O) groups is 1. The molecular formula is C15H18ClN5O. The van der Waals surface area contributed by atoms with E-state index in [-0.39, 0.29) is 5.91 Å². The molecule has 1 amide bonds. The zero-order valence-electron chi connectivity index (χ0n) is 12.7. The molecule has 3 rings (SSSR count). The Morgan fingerprint density at radius 3 is 2.59 bits per heavy atom. The Hall–Kier alpha value is -2.08. The third-order valence-electron chi connectivity index (χ3n) is 3.84. The molecule has 2 aromatic heterocycles. The van der Waals surface area contributed by atoms with E-state index in [0.717, 1.165) is 24.7 Å². The lowest BCUT2D eigenvalue weighted by Gasteiger charge is -2.35. The van der Waals surface area contributed by atoms with Gasteiger partial charge in [0.05, 0.1) is 5.02 Å². The van der Waals surface area contributed by atoms with E-state index in [0.29, 0.717) is 23.8 Å². The van der Waals surface area contributed by atoms with Gasteiger partial charge in [-0.25, -0.2) is 9.97 Å². The molecule has 0 atom stereocenters. The largest absolute Gasteiger partial charge is 0.353 e. The highest BCUT2D eigenvalue weighted by Crippen LogP contribution is 2.17. The van der Waals surface area contributed by atoms with Gasteiger partial charge in [-0.05, 0) is 19.1 Å². The van der Waals surface area contributed by atoms with Crippen LogP contribution < -0.4 is 4.90 Å². The number of aromatic nitrogens is 3. The highest BCUT2D eigenvalue weighted by molar-refractivity contribution is 6.31. The van der Waals surface area contributed by atoms with Crippen molar-refractivity contribution in [2.45, 2.75) is 6.92 Å². The number of hydrogen-bond donors (Lipinski definition) is 0. The summed E-state index contributed by atoms with van der Waals surface area (Å²) in [5, 5.41) is 0.584. The molecule has 0 radical (unpaired) electrons. The Kier molecular flexibility index (Phi) is 4.02. The summed E-state index contributed by atoms with van der Waals surface area (Å²) in [5.41, 5.74) is 0.622. The Morgan fingerprint density at radius 1 is 1.27 bits per heavy atom. The minimum atomic E-state index is 0.0212. The molecule has 22 heavy (non-hydrogen) atoms. The third kappa shape index (κ3) is 2.92. The molecule has 1 aliphatic heterocycles. The zero-order chi connectivity index (χ0) is 15.7. The Morgan fingerprint density at radius 2 is 2.00 bits per heavy atom. The van der Waals surface area contributed by atoms with Crippen molar-refractivity contribution >= 4 is 23.3 Å². The first-order chi connectivity index (χ1) is 10.5. The Balaban J connectivity index is 1.67. The predicted molar refractivity (Wildman–Crippen MR) is 85.3 cm³/mol. The minimum absolute atomic E-state index is 0.0212. The fourth-order valence-corrected chi connectivity index (χ4v) is 2.91. The average Bonchev–Trinajstić information content (AvgIpc) is 2.85. The monoisotopic (exact) mass is 319 g/mol. The molecule has 7 heteroatoms. The van der Waals surface area contributed by atoms with Gasteiger partial charge in [-0.2, -0.15) is 0 Å². The van der Waals surface area contributed by atoms with Gasteiger partial charge in [0.15, 0.2) is 0 Å². The summed E-state index contributed by atoms with van der Waals surface area (Å²) in [6, 6.07) is 3.62. The van der Waals surface area contributed by atoms with Gasteiger partial charge in [-0.3, -0.25) is 4.79 Å². The molecule has 2 aromatic rings. The summed E-state index contributed by atoms with van der Waals surface area (Å²) in [5.74, 6) is 1.70. The molecule has 6 nitrogen and oxygen atoms in total. The smallest absolute Gasteiger partial charge is 0.270 e. The molecule has 0 bridgehead atoms. The summed E-state index contributed by atoms with van der Waals surface area (Å²) < 4.78 is 1.77. The number of carbonyl (C=O) groups excluding carboxylic acids is 1. The van der Waals surface area contributed by atoms with E-state index in [1.807, 2.05) is 24.9 Å². The van der Waals surface area contributed by atoms with Crippen LogP contribution in [-0.2, 0) is 7.05 Å². The molecule has 0 aliphatic carbocycles. The van der Waals surface area contributed by atoms with Crippen LogP contribution in [0.5, 0.6) is 0 Å². The molecule has 0 aromatic carbocycles. The van der Waals surface area contributed by atoms with Crippen molar-refractivity contribution in [3.05, 3.63) is 41.1 Å². The van der Waals surface area contributed by atoms with Gasteiger partial charge in [0, 0.05) is 45.6 Å². The van der Waals surface area contributed by atoms with Crippen LogP contribution in [0.15, 0.2) is 24.5 Å². The molecule has 0 unspecified atom stereocenters. The summed E-state index contributed by atoms with van der Waals surface area (Å²) >= 11 is 5.95. The van der Waals surface area contributed by atoms with E-state index in [4.69, 9.17) is 11.6 Å². The van der Waals surface area contributed by atoms with E-state index in [9.17, 15) is 4.79 Å². The van der Waals surface area contributed by atoms with E-state index >= 15 is 0 Å². The normalized spacial score (nSPS) is 15.2. The van der Waals surface area contributed by atoms with Gasteiger partial charge in [0.25, 0.3) is 5.91 Å². The first kappa shape index (κ1) is 14.8. The average molecular weight is 320 g/mol. The van der Waals surface area contributed by atoms with Crippen molar-refractivity contribution in [3.8, 4) is 0 Å². The molecule has 1 saturated heterocycles. The maximum absolute atomic E-state index is 12.5. The highest BCUT2D eigenvalue weighted by Gasteiger charge is 2.24. The van der Waals surface area contributed by atoms with Crippen molar-refractivity contribution in [3.63, 3.8) is 0 Å². The van der Waals surface area contributed by atoms with Crippen LogP contribution in [0.25, 0.3) is 0 Å². The van der Waals surface area contributed by atoms with Crippen LogP contribution in [-0.4, -0.2) is 51.5 Å². The third-order valence-corrected chi connectivity index (χ3v) is 4.05. The Labute approximate surface area is 134 Å². The summed E-state index contributed by atoms with van der Waals surface area (Å²) in [6.07, 6.45) is 3.51. The molecular weight excluding hydrogens is 302 g/mol.